The van der Waals surface area contributed by atoms with Crippen molar-refractivity contribution in [3.05, 3.63) is 70.5 Å². The molecule has 2 aromatic carbocycles. The molecule has 1 atom stereocenters. The van der Waals surface area contributed by atoms with Crippen LogP contribution < -0.4 is 4.74 Å². The first-order chi connectivity index (χ1) is 12.4. The third-order valence-electron chi connectivity index (χ3n) is 4.47. The summed E-state index contributed by atoms with van der Waals surface area (Å²) in [6.07, 6.45) is -0.164. The van der Waals surface area contributed by atoms with Crippen molar-refractivity contribution in [2.24, 2.45) is 7.05 Å². The Morgan fingerprint density at radius 3 is 2.58 bits per heavy atom. The van der Waals surface area contributed by atoms with Gasteiger partial charge in [0.15, 0.2) is 17.1 Å². The molecule has 1 aromatic heterocycles. The van der Waals surface area contributed by atoms with E-state index in [1.54, 1.807) is 11.8 Å². The Hall–Kier alpha value is -2.27. The molecule has 136 valence electrons. The Morgan fingerprint density at radius 2 is 1.85 bits per heavy atom. The van der Waals surface area contributed by atoms with E-state index in [9.17, 15) is 0 Å². The Balaban J connectivity index is 1.68. The third kappa shape index (κ3) is 4.28. The molecular weight excluding hydrogens is 342 g/mol. The van der Waals surface area contributed by atoms with Crippen LogP contribution in [0.5, 0.6) is 5.75 Å². The van der Waals surface area contributed by atoms with Gasteiger partial charge in [-0.3, -0.25) is 0 Å². The number of hydrogen-bond donors (Lipinski definition) is 0. The van der Waals surface area contributed by atoms with E-state index in [1.807, 2.05) is 24.6 Å². The van der Waals surface area contributed by atoms with Gasteiger partial charge < -0.3 is 9.30 Å². The summed E-state index contributed by atoms with van der Waals surface area (Å²) >= 11 is 1.69. The number of ether oxygens (including phenoxy) is 1. The number of hydrogen-bond acceptors (Lipinski definition) is 4. The summed E-state index contributed by atoms with van der Waals surface area (Å²) in [7, 11) is 1.99. The highest BCUT2D eigenvalue weighted by molar-refractivity contribution is 7.98. The van der Waals surface area contributed by atoms with Gasteiger partial charge in [-0.2, -0.15) is 0 Å². The van der Waals surface area contributed by atoms with Gasteiger partial charge in [0.25, 0.3) is 0 Å². The van der Waals surface area contributed by atoms with Crippen molar-refractivity contribution in [1.29, 1.82) is 0 Å². The molecule has 4 nitrogen and oxygen atoms in total. The Morgan fingerprint density at radius 1 is 1.04 bits per heavy atom. The maximum absolute atomic E-state index is 6.08. The fraction of sp³-hybridized carbons (Fsp3) is 0.333. The first-order valence-electron chi connectivity index (χ1n) is 8.75. The maximum atomic E-state index is 6.08. The van der Waals surface area contributed by atoms with Crippen LogP contribution in [0.2, 0.25) is 0 Å². The maximum Gasteiger partial charge on any atom is 0.191 e. The van der Waals surface area contributed by atoms with Gasteiger partial charge in [0.2, 0.25) is 0 Å². The number of nitrogens with zero attached hydrogens (tertiary/aromatic N) is 3. The predicted octanol–water partition coefficient (Wildman–Crippen LogP) is 5.17. The summed E-state index contributed by atoms with van der Waals surface area (Å²) in [5.41, 5.74) is 5.05. The largest absolute Gasteiger partial charge is 0.483 e. The van der Waals surface area contributed by atoms with Gasteiger partial charge in [0.1, 0.15) is 5.75 Å². The summed E-state index contributed by atoms with van der Waals surface area (Å²) < 4.78 is 8.10. The average Bonchev–Trinajstić information content (AvgIpc) is 2.97. The number of aryl methyl sites for hydroxylation is 3. The zero-order chi connectivity index (χ0) is 18.7. The molecule has 5 heteroatoms. The molecule has 0 aliphatic carbocycles. The van der Waals surface area contributed by atoms with Crippen molar-refractivity contribution in [3.63, 3.8) is 0 Å². The van der Waals surface area contributed by atoms with Gasteiger partial charge in [0, 0.05) is 12.8 Å². The van der Waals surface area contributed by atoms with Crippen molar-refractivity contribution in [1.82, 2.24) is 14.8 Å². The molecule has 26 heavy (non-hydrogen) atoms. The molecule has 0 spiro atoms. The Kier molecular flexibility index (Phi) is 5.67. The van der Waals surface area contributed by atoms with Crippen LogP contribution in [0.15, 0.2) is 47.6 Å². The monoisotopic (exact) mass is 367 g/mol. The number of aromatic nitrogens is 3. The summed E-state index contributed by atoms with van der Waals surface area (Å²) in [6.45, 7) is 8.31. The second-order valence-corrected chi connectivity index (χ2v) is 7.63. The van der Waals surface area contributed by atoms with Gasteiger partial charge in [-0.05, 0) is 56.5 Å². The average molecular weight is 368 g/mol. The summed E-state index contributed by atoms with van der Waals surface area (Å²) in [6, 6.07) is 14.7. The molecule has 0 saturated carbocycles. The summed E-state index contributed by atoms with van der Waals surface area (Å²) in [5, 5.41) is 9.59. The lowest BCUT2D eigenvalue weighted by atomic mass is 10.1. The second kappa shape index (κ2) is 7.96. The normalized spacial score (nSPS) is 12.2. The quantitative estimate of drug-likeness (QED) is 0.563. The first-order valence-corrected chi connectivity index (χ1v) is 9.74. The van der Waals surface area contributed by atoms with Crippen LogP contribution in [-0.4, -0.2) is 14.8 Å². The van der Waals surface area contributed by atoms with Crippen molar-refractivity contribution < 1.29 is 4.74 Å². The SMILES string of the molecule is Cc1cccc(CSc2nnc(C(C)Oc3ccc(C)c(C)c3)n2C)c1. The number of rotatable bonds is 6. The lowest BCUT2D eigenvalue weighted by molar-refractivity contribution is 0.211. The highest BCUT2D eigenvalue weighted by Crippen LogP contribution is 2.26. The molecule has 0 amide bonds. The number of thioether (sulfide) groups is 1. The lowest BCUT2D eigenvalue weighted by Crippen LogP contribution is -2.10. The molecule has 0 N–H and O–H groups in total. The predicted molar refractivity (Wildman–Crippen MR) is 107 cm³/mol. The second-order valence-electron chi connectivity index (χ2n) is 6.68. The lowest BCUT2D eigenvalue weighted by Gasteiger charge is -2.15. The number of benzene rings is 2. The molecule has 0 aliphatic rings. The molecular formula is C21H25N3OS. The van der Waals surface area contributed by atoms with E-state index in [0.717, 1.165) is 22.5 Å². The van der Waals surface area contributed by atoms with Crippen molar-refractivity contribution in [2.45, 2.75) is 44.7 Å². The molecule has 1 heterocycles. The van der Waals surface area contributed by atoms with Crippen LogP contribution in [0.1, 0.15) is 41.1 Å². The van der Waals surface area contributed by atoms with E-state index < -0.39 is 0 Å². The standard InChI is InChI=1S/C21H25N3OS/c1-14-7-6-8-18(11-14)13-26-21-23-22-20(24(21)5)17(4)25-19-10-9-15(2)16(3)12-19/h6-12,17H,13H2,1-5H3. The molecule has 1 unspecified atom stereocenters. The molecule has 0 radical (unpaired) electrons. The van der Waals surface area contributed by atoms with Crippen LogP contribution >= 0.6 is 11.8 Å². The van der Waals surface area contributed by atoms with Crippen molar-refractivity contribution >= 4 is 11.8 Å². The topological polar surface area (TPSA) is 39.9 Å². The van der Waals surface area contributed by atoms with Gasteiger partial charge in [-0.15, -0.1) is 10.2 Å². The molecule has 3 rings (SSSR count). The van der Waals surface area contributed by atoms with Crippen molar-refractivity contribution in [2.75, 3.05) is 0 Å². The van der Waals surface area contributed by atoms with E-state index in [0.29, 0.717) is 0 Å². The van der Waals surface area contributed by atoms with Crippen LogP contribution in [0.3, 0.4) is 0 Å². The highest BCUT2D eigenvalue weighted by atomic mass is 32.2. The van der Waals surface area contributed by atoms with Crippen LogP contribution in [0.4, 0.5) is 0 Å². The fourth-order valence-corrected chi connectivity index (χ4v) is 3.66. The minimum atomic E-state index is -0.164. The van der Waals surface area contributed by atoms with E-state index in [2.05, 4.69) is 67.4 Å². The molecule has 0 fully saturated rings. The minimum Gasteiger partial charge on any atom is -0.483 e. The molecule has 3 aromatic rings. The van der Waals surface area contributed by atoms with Gasteiger partial charge in [0.05, 0.1) is 0 Å². The first kappa shape index (κ1) is 18.5. The van der Waals surface area contributed by atoms with E-state index in [-0.39, 0.29) is 6.10 Å². The highest BCUT2D eigenvalue weighted by Gasteiger charge is 2.17. The van der Waals surface area contributed by atoms with Crippen LogP contribution in [0, 0.1) is 20.8 Å². The summed E-state index contributed by atoms with van der Waals surface area (Å²) in [4.78, 5) is 0. The minimum absolute atomic E-state index is 0.164. The van der Waals surface area contributed by atoms with Crippen LogP contribution in [-0.2, 0) is 12.8 Å². The van der Waals surface area contributed by atoms with Gasteiger partial charge in [-0.1, -0.05) is 47.7 Å². The third-order valence-corrected chi connectivity index (χ3v) is 5.57. The van der Waals surface area contributed by atoms with E-state index in [4.69, 9.17) is 4.74 Å². The molecule has 0 bridgehead atoms. The zero-order valence-electron chi connectivity index (χ0n) is 16.0. The zero-order valence-corrected chi connectivity index (χ0v) is 16.8. The molecule has 0 aliphatic heterocycles. The van der Waals surface area contributed by atoms with Gasteiger partial charge in [-0.25, -0.2) is 0 Å². The molecule has 0 saturated heterocycles. The van der Waals surface area contributed by atoms with Crippen LogP contribution in [0.25, 0.3) is 0 Å². The fourth-order valence-electron chi connectivity index (χ4n) is 2.80. The van der Waals surface area contributed by atoms with E-state index >= 15 is 0 Å². The summed E-state index contributed by atoms with van der Waals surface area (Å²) in [5.74, 6) is 2.56. The smallest absolute Gasteiger partial charge is 0.191 e. The Labute approximate surface area is 159 Å². The van der Waals surface area contributed by atoms with Gasteiger partial charge >= 0.3 is 0 Å². The van der Waals surface area contributed by atoms with E-state index in [1.165, 1.54) is 22.3 Å². The Bertz CT molecular complexity index is 904. The van der Waals surface area contributed by atoms with Crippen molar-refractivity contribution in [3.8, 4) is 5.75 Å².